The van der Waals surface area contributed by atoms with E-state index in [0.29, 0.717) is 5.91 Å². The van der Waals surface area contributed by atoms with Crippen molar-refractivity contribution in [3.05, 3.63) is 0 Å². The molecule has 3 heteroatoms. The van der Waals surface area contributed by atoms with Gasteiger partial charge in [0.25, 0.3) is 0 Å². The van der Waals surface area contributed by atoms with Crippen LogP contribution in [0.15, 0.2) is 0 Å². The van der Waals surface area contributed by atoms with Gasteiger partial charge < -0.3 is 10.2 Å². The molecule has 2 aliphatic rings. The molecule has 2 fully saturated rings. The standard InChI is InChI=1S/C17H32N2O/c1-2-13-19(14-16-9-11-18-12-10-16)17(20)8-7-15-5-3-4-6-15/h15-16,18H,2-14H2,1H3. The van der Waals surface area contributed by atoms with Crippen LogP contribution in [0.25, 0.3) is 0 Å². The van der Waals surface area contributed by atoms with Crippen molar-refractivity contribution in [1.82, 2.24) is 10.2 Å². The lowest BCUT2D eigenvalue weighted by molar-refractivity contribution is -0.132. The van der Waals surface area contributed by atoms with Gasteiger partial charge >= 0.3 is 0 Å². The van der Waals surface area contributed by atoms with E-state index in [0.717, 1.165) is 57.3 Å². The molecular weight excluding hydrogens is 248 g/mol. The van der Waals surface area contributed by atoms with Crippen LogP contribution in [0, 0.1) is 11.8 Å². The van der Waals surface area contributed by atoms with Gasteiger partial charge in [0.05, 0.1) is 0 Å². The minimum absolute atomic E-state index is 0.414. The maximum Gasteiger partial charge on any atom is 0.222 e. The van der Waals surface area contributed by atoms with Gasteiger partial charge in [-0.15, -0.1) is 0 Å². The van der Waals surface area contributed by atoms with Gasteiger partial charge in [0.15, 0.2) is 0 Å². The summed E-state index contributed by atoms with van der Waals surface area (Å²) in [5.74, 6) is 1.97. The van der Waals surface area contributed by atoms with Crippen molar-refractivity contribution >= 4 is 5.91 Å². The fourth-order valence-electron chi connectivity index (χ4n) is 3.75. The highest BCUT2D eigenvalue weighted by Crippen LogP contribution is 2.28. The monoisotopic (exact) mass is 280 g/mol. The summed E-state index contributed by atoms with van der Waals surface area (Å²) >= 11 is 0. The molecule has 0 aromatic heterocycles. The summed E-state index contributed by atoms with van der Waals surface area (Å²) in [4.78, 5) is 14.6. The lowest BCUT2D eigenvalue weighted by Gasteiger charge is -2.30. The fraction of sp³-hybridized carbons (Fsp3) is 0.941. The van der Waals surface area contributed by atoms with Crippen LogP contribution < -0.4 is 5.32 Å². The number of nitrogens with one attached hydrogen (secondary N) is 1. The Hall–Kier alpha value is -0.570. The van der Waals surface area contributed by atoms with Crippen LogP contribution in [0.3, 0.4) is 0 Å². The minimum Gasteiger partial charge on any atom is -0.342 e. The zero-order chi connectivity index (χ0) is 14.2. The summed E-state index contributed by atoms with van der Waals surface area (Å²) in [6.45, 7) is 6.38. The van der Waals surface area contributed by atoms with Gasteiger partial charge in [-0.1, -0.05) is 32.6 Å². The number of carbonyl (C=O) groups excluding carboxylic acids is 1. The van der Waals surface area contributed by atoms with Crippen LogP contribution in [0.1, 0.15) is 64.7 Å². The van der Waals surface area contributed by atoms with E-state index < -0.39 is 0 Å². The molecule has 0 spiro atoms. The Morgan fingerprint density at radius 1 is 1.10 bits per heavy atom. The number of carbonyl (C=O) groups is 1. The van der Waals surface area contributed by atoms with Crippen molar-refractivity contribution < 1.29 is 4.79 Å². The Bertz CT molecular complexity index is 281. The average Bonchev–Trinajstić information content (AvgIpc) is 2.99. The molecule has 1 aliphatic carbocycles. The second-order valence-electron chi connectivity index (χ2n) is 6.72. The van der Waals surface area contributed by atoms with Crippen molar-refractivity contribution in [1.29, 1.82) is 0 Å². The molecule has 1 amide bonds. The van der Waals surface area contributed by atoms with E-state index in [1.807, 2.05) is 0 Å². The predicted molar refractivity (Wildman–Crippen MR) is 83.7 cm³/mol. The highest BCUT2D eigenvalue weighted by Gasteiger charge is 2.22. The molecule has 0 bridgehead atoms. The zero-order valence-electron chi connectivity index (χ0n) is 13.2. The maximum absolute atomic E-state index is 12.5. The minimum atomic E-state index is 0.414. The summed E-state index contributed by atoms with van der Waals surface area (Å²) in [6.07, 6.45) is 10.9. The van der Waals surface area contributed by atoms with Gasteiger partial charge in [-0.05, 0) is 50.6 Å². The number of rotatable bonds is 7. The van der Waals surface area contributed by atoms with Gasteiger partial charge in [-0.2, -0.15) is 0 Å². The molecule has 3 nitrogen and oxygen atoms in total. The van der Waals surface area contributed by atoms with Gasteiger partial charge in [0, 0.05) is 19.5 Å². The summed E-state index contributed by atoms with van der Waals surface area (Å²) in [5, 5.41) is 3.41. The number of nitrogens with zero attached hydrogens (tertiary/aromatic N) is 1. The van der Waals surface area contributed by atoms with E-state index >= 15 is 0 Å². The van der Waals surface area contributed by atoms with Gasteiger partial charge in [-0.3, -0.25) is 4.79 Å². The summed E-state index contributed by atoms with van der Waals surface area (Å²) < 4.78 is 0. The highest BCUT2D eigenvalue weighted by molar-refractivity contribution is 5.76. The largest absolute Gasteiger partial charge is 0.342 e. The molecular formula is C17H32N2O. The van der Waals surface area contributed by atoms with E-state index in [1.54, 1.807) is 0 Å². The highest BCUT2D eigenvalue weighted by atomic mass is 16.2. The first-order valence-electron chi connectivity index (χ1n) is 8.78. The van der Waals surface area contributed by atoms with Crippen molar-refractivity contribution in [2.45, 2.75) is 64.7 Å². The topological polar surface area (TPSA) is 32.3 Å². The molecule has 1 heterocycles. The molecule has 1 N–H and O–H groups in total. The fourth-order valence-corrected chi connectivity index (χ4v) is 3.75. The molecule has 1 saturated heterocycles. The van der Waals surface area contributed by atoms with Crippen LogP contribution in [0.2, 0.25) is 0 Å². The third-order valence-corrected chi connectivity index (χ3v) is 5.02. The normalized spacial score (nSPS) is 21.2. The second kappa shape index (κ2) is 8.66. The molecule has 2 rings (SSSR count). The van der Waals surface area contributed by atoms with Crippen molar-refractivity contribution in [2.24, 2.45) is 11.8 Å². The van der Waals surface area contributed by atoms with Crippen LogP contribution >= 0.6 is 0 Å². The number of hydrogen-bond donors (Lipinski definition) is 1. The molecule has 1 aliphatic heterocycles. The van der Waals surface area contributed by atoms with E-state index in [9.17, 15) is 4.79 Å². The smallest absolute Gasteiger partial charge is 0.222 e. The first kappa shape index (κ1) is 15.8. The lowest BCUT2D eigenvalue weighted by Crippen LogP contribution is -2.39. The van der Waals surface area contributed by atoms with E-state index in [2.05, 4.69) is 17.1 Å². The Labute approximate surface area is 124 Å². The molecule has 116 valence electrons. The molecule has 0 aromatic rings. The SMILES string of the molecule is CCCN(CC1CCNCC1)C(=O)CCC1CCCC1. The molecule has 0 unspecified atom stereocenters. The Morgan fingerprint density at radius 3 is 2.45 bits per heavy atom. The molecule has 20 heavy (non-hydrogen) atoms. The second-order valence-corrected chi connectivity index (χ2v) is 6.72. The quantitative estimate of drug-likeness (QED) is 0.777. The number of piperidine rings is 1. The summed E-state index contributed by atoms with van der Waals surface area (Å²) in [6, 6.07) is 0. The Morgan fingerprint density at radius 2 is 1.80 bits per heavy atom. The van der Waals surface area contributed by atoms with Crippen molar-refractivity contribution in [2.75, 3.05) is 26.2 Å². The van der Waals surface area contributed by atoms with Crippen molar-refractivity contribution in [3.8, 4) is 0 Å². The zero-order valence-corrected chi connectivity index (χ0v) is 13.2. The number of amides is 1. The van der Waals surface area contributed by atoms with E-state index in [-0.39, 0.29) is 0 Å². The van der Waals surface area contributed by atoms with Crippen LogP contribution in [0.5, 0.6) is 0 Å². The van der Waals surface area contributed by atoms with Crippen LogP contribution in [0.4, 0.5) is 0 Å². The Balaban J connectivity index is 1.74. The van der Waals surface area contributed by atoms with Crippen molar-refractivity contribution in [3.63, 3.8) is 0 Å². The third-order valence-electron chi connectivity index (χ3n) is 5.02. The summed E-state index contributed by atoms with van der Waals surface area (Å²) in [7, 11) is 0. The molecule has 0 atom stereocenters. The third kappa shape index (κ3) is 5.08. The van der Waals surface area contributed by atoms with E-state index in [4.69, 9.17) is 0 Å². The molecule has 1 saturated carbocycles. The summed E-state index contributed by atoms with van der Waals surface area (Å²) in [5.41, 5.74) is 0. The molecule has 0 aromatic carbocycles. The maximum atomic E-state index is 12.5. The van der Waals surface area contributed by atoms with E-state index in [1.165, 1.54) is 38.5 Å². The molecule has 0 radical (unpaired) electrons. The number of hydrogen-bond acceptors (Lipinski definition) is 2. The van der Waals surface area contributed by atoms with Crippen LogP contribution in [-0.4, -0.2) is 37.0 Å². The Kier molecular flexibility index (Phi) is 6.85. The average molecular weight is 280 g/mol. The first-order valence-corrected chi connectivity index (χ1v) is 8.78. The predicted octanol–water partition coefficient (Wildman–Crippen LogP) is 3.20. The lowest BCUT2D eigenvalue weighted by atomic mass is 9.96. The van der Waals surface area contributed by atoms with Crippen LogP contribution in [-0.2, 0) is 4.79 Å². The first-order chi connectivity index (χ1) is 9.79. The van der Waals surface area contributed by atoms with Gasteiger partial charge in [-0.25, -0.2) is 0 Å². The van der Waals surface area contributed by atoms with Gasteiger partial charge in [0.1, 0.15) is 0 Å². The van der Waals surface area contributed by atoms with Gasteiger partial charge in [0.2, 0.25) is 5.91 Å².